The Morgan fingerprint density at radius 2 is 2.16 bits per heavy atom. The van der Waals surface area contributed by atoms with E-state index in [-0.39, 0.29) is 5.75 Å². The van der Waals surface area contributed by atoms with Gasteiger partial charge in [-0.3, -0.25) is 4.99 Å². The van der Waals surface area contributed by atoms with E-state index in [1.807, 2.05) is 6.07 Å². The maximum absolute atomic E-state index is 10.9. The van der Waals surface area contributed by atoms with E-state index in [2.05, 4.69) is 9.98 Å². The summed E-state index contributed by atoms with van der Waals surface area (Å²) >= 11 is 1.40. The van der Waals surface area contributed by atoms with Crippen molar-refractivity contribution in [2.45, 2.75) is 6.04 Å². The summed E-state index contributed by atoms with van der Waals surface area (Å²) in [5.74, 6) is -0.270. The zero-order valence-electron chi connectivity index (χ0n) is 9.78. The van der Waals surface area contributed by atoms with E-state index in [0.717, 1.165) is 10.9 Å². The summed E-state index contributed by atoms with van der Waals surface area (Å²) in [5, 5.41) is 19.8. The Balaban J connectivity index is 2.00. The van der Waals surface area contributed by atoms with E-state index in [1.54, 1.807) is 24.3 Å². The number of aromatic nitrogens is 1. The van der Waals surface area contributed by atoms with Gasteiger partial charge in [-0.2, -0.15) is 0 Å². The molecule has 2 aromatic rings. The number of benzene rings is 1. The molecule has 0 saturated carbocycles. The van der Waals surface area contributed by atoms with Gasteiger partial charge in [-0.05, 0) is 24.3 Å². The maximum Gasteiger partial charge on any atom is 0.329 e. The Bertz CT molecular complexity index is 699. The Morgan fingerprint density at radius 3 is 2.89 bits per heavy atom. The average Bonchev–Trinajstić information content (AvgIpc) is 2.88. The minimum Gasteiger partial charge on any atom is -0.508 e. The van der Waals surface area contributed by atoms with Gasteiger partial charge in [0, 0.05) is 11.1 Å². The van der Waals surface area contributed by atoms with Gasteiger partial charge < -0.3 is 10.2 Å². The predicted molar refractivity (Wildman–Crippen MR) is 73.8 cm³/mol. The number of aliphatic imine (C=N–C) groups is 1. The Kier molecular flexibility index (Phi) is 2.87. The monoisotopic (exact) mass is 274 g/mol. The van der Waals surface area contributed by atoms with Crippen molar-refractivity contribution in [1.82, 2.24) is 4.98 Å². The van der Waals surface area contributed by atoms with Crippen molar-refractivity contribution < 1.29 is 15.0 Å². The van der Waals surface area contributed by atoms with Crippen molar-refractivity contribution in [3.8, 4) is 5.75 Å². The van der Waals surface area contributed by atoms with E-state index in [0.29, 0.717) is 16.5 Å². The van der Waals surface area contributed by atoms with Crippen molar-refractivity contribution >= 4 is 33.7 Å². The van der Waals surface area contributed by atoms with Crippen LogP contribution < -0.4 is 0 Å². The lowest BCUT2D eigenvalue weighted by Crippen LogP contribution is -2.17. The van der Waals surface area contributed by atoms with E-state index >= 15 is 0 Å². The number of hydrogen-bond acceptors (Lipinski definition) is 5. The smallest absolute Gasteiger partial charge is 0.329 e. The summed E-state index contributed by atoms with van der Waals surface area (Å²) in [5.41, 5.74) is 1.42. The molecular weight excluding hydrogens is 264 g/mol. The number of carbonyl (C=O) groups is 1. The number of thioether (sulfide) groups is 1. The van der Waals surface area contributed by atoms with Crippen LogP contribution in [0.3, 0.4) is 0 Å². The molecule has 3 rings (SSSR count). The van der Waals surface area contributed by atoms with Crippen LogP contribution in [0.2, 0.25) is 0 Å². The summed E-state index contributed by atoms with van der Waals surface area (Å²) in [4.78, 5) is 19.4. The summed E-state index contributed by atoms with van der Waals surface area (Å²) in [7, 11) is 0. The molecular formula is C13H10N2O3S. The number of fused-ring (bicyclic) bond motifs is 1. The van der Waals surface area contributed by atoms with Gasteiger partial charge in [0.05, 0.1) is 11.2 Å². The van der Waals surface area contributed by atoms with Crippen molar-refractivity contribution in [1.29, 1.82) is 0 Å². The fraction of sp³-hybridized carbons (Fsp3) is 0.154. The van der Waals surface area contributed by atoms with Crippen LogP contribution in [-0.2, 0) is 4.79 Å². The van der Waals surface area contributed by atoms with Crippen LogP contribution in [0, 0.1) is 0 Å². The number of carboxylic acids is 1. The molecule has 1 aromatic heterocycles. The largest absolute Gasteiger partial charge is 0.508 e. The van der Waals surface area contributed by atoms with Gasteiger partial charge in [-0.25, -0.2) is 9.78 Å². The lowest BCUT2D eigenvalue weighted by Gasteiger charge is -2.02. The second kappa shape index (κ2) is 4.55. The Labute approximate surface area is 113 Å². The number of aliphatic carboxylic acids is 1. The topological polar surface area (TPSA) is 82.8 Å². The van der Waals surface area contributed by atoms with Crippen LogP contribution in [0.15, 0.2) is 35.3 Å². The Morgan fingerprint density at radius 1 is 1.32 bits per heavy atom. The highest BCUT2D eigenvalue weighted by Gasteiger charge is 2.25. The molecule has 2 heterocycles. The summed E-state index contributed by atoms with van der Waals surface area (Å²) in [6.45, 7) is 0. The highest BCUT2D eigenvalue weighted by atomic mass is 32.2. The number of pyridine rings is 1. The molecule has 19 heavy (non-hydrogen) atoms. The van der Waals surface area contributed by atoms with Crippen LogP contribution >= 0.6 is 11.8 Å². The number of phenolic OH excluding ortho intramolecular Hbond substituents is 1. The second-order valence-corrected chi connectivity index (χ2v) is 5.18. The van der Waals surface area contributed by atoms with Gasteiger partial charge in [0.1, 0.15) is 10.8 Å². The fourth-order valence-electron chi connectivity index (χ4n) is 1.87. The zero-order valence-corrected chi connectivity index (χ0v) is 10.6. The van der Waals surface area contributed by atoms with Gasteiger partial charge in [-0.15, -0.1) is 11.8 Å². The fourth-order valence-corrected chi connectivity index (χ4v) is 2.87. The molecule has 0 radical (unpaired) electrons. The minimum absolute atomic E-state index is 0.195. The molecule has 0 aliphatic carbocycles. The first-order valence-electron chi connectivity index (χ1n) is 5.67. The quantitative estimate of drug-likeness (QED) is 0.873. The highest BCUT2D eigenvalue weighted by Crippen LogP contribution is 2.25. The minimum atomic E-state index is -0.909. The lowest BCUT2D eigenvalue weighted by atomic mass is 10.2. The summed E-state index contributed by atoms with van der Waals surface area (Å²) < 4.78 is 0. The molecule has 0 bridgehead atoms. The summed E-state index contributed by atoms with van der Waals surface area (Å²) in [6.07, 6.45) is 0. The highest BCUT2D eigenvalue weighted by molar-refractivity contribution is 8.14. The molecule has 0 saturated heterocycles. The van der Waals surface area contributed by atoms with E-state index in [1.165, 1.54) is 11.8 Å². The number of hydrogen-bond donors (Lipinski definition) is 2. The van der Waals surface area contributed by atoms with Crippen molar-refractivity contribution in [2.24, 2.45) is 4.99 Å². The van der Waals surface area contributed by atoms with Gasteiger partial charge in [0.2, 0.25) is 0 Å². The molecule has 0 spiro atoms. The molecule has 0 unspecified atom stereocenters. The van der Waals surface area contributed by atoms with Crippen molar-refractivity contribution in [2.75, 3.05) is 5.75 Å². The molecule has 5 nitrogen and oxygen atoms in total. The van der Waals surface area contributed by atoms with Gasteiger partial charge in [0.25, 0.3) is 0 Å². The molecule has 1 aromatic carbocycles. The third-order valence-corrected chi connectivity index (χ3v) is 3.90. The second-order valence-electron chi connectivity index (χ2n) is 4.17. The molecule has 2 N–H and O–H groups in total. The molecule has 0 fully saturated rings. The zero-order chi connectivity index (χ0) is 13.4. The van der Waals surface area contributed by atoms with Gasteiger partial charge in [0.15, 0.2) is 6.04 Å². The SMILES string of the molecule is O=C(O)[C@@H]1CSC(c2ccc3cc(O)ccc3n2)=N1. The van der Waals surface area contributed by atoms with Gasteiger partial charge >= 0.3 is 5.97 Å². The average molecular weight is 274 g/mol. The lowest BCUT2D eigenvalue weighted by molar-refractivity contribution is -0.137. The van der Waals surface area contributed by atoms with E-state index in [4.69, 9.17) is 5.11 Å². The molecule has 6 heteroatoms. The van der Waals surface area contributed by atoms with E-state index in [9.17, 15) is 9.90 Å². The molecule has 1 aliphatic rings. The number of rotatable bonds is 2. The molecule has 1 atom stereocenters. The van der Waals surface area contributed by atoms with E-state index < -0.39 is 12.0 Å². The van der Waals surface area contributed by atoms with Crippen LogP contribution in [0.4, 0.5) is 0 Å². The van der Waals surface area contributed by atoms with Crippen LogP contribution in [0.1, 0.15) is 5.69 Å². The van der Waals surface area contributed by atoms with Crippen molar-refractivity contribution in [3.05, 3.63) is 36.0 Å². The number of phenols is 1. The summed E-state index contributed by atoms with van der Waals surface area (Å²) in [6, 6.07) is 7.88. The maximum atomic E-state index is 10.9. The third-order valence-electron chi connectivity index (χ3n) is 2.83. The number of aromatic hydroxyl groups is 1. The molecule has 0 amide bonds. The van der Waals surface area contributed by atoms with Crippen molar-refractivity contribution in [3.63, 3.8) is 0 Å². The van der Waals surface area contributed by atoms with Crippen LogP contribution in [0.25, 0.3) is 10.9 Å². The first-order valence-corrected chi connectivity index (χ1v) is 6.65. The standard InChI is InChI=1S/C13H10N2O3S/c16-8-2-4-9-7(5-8)1-3-10(14-9)12-15-11(6-19-12)13(17)18/h1-5,11,16H,6H2,(H,17,18)/t11-/m0/s1. The normalized spacial score (nSPS) is 18.5. The van der Waals surface area contributed by atoms with Crippen LogP contribution in [0.5, 0.6) is 5.75 Å². The first kappa shape index (κ1) is 12.0. The molecule has 96 valence electrons. The Hall–Kier alpha value is -2.08. The van der Waals surface area contributed by atoms with Gasteiger partial charge in [-0.1, -0.05) is 6.07 Å². The molecule has 1 aliphatic heterocycles. The first-order chi connectivity index (χ1) is 9.13. The predicted octanol–water partition coefficient (Wildman–Crippen LogP) is 1.89. The number of nitrogens with zero attached hydrogens (tertiary/aromatic N) is 2. The number of carboxylic acid groups (broad SMARTS) is 1. The van der Waals surface area contributed by atoms with Crippen LogP contribution in [-0.4, -0.2) is 38.0 Å². The third kappa shape index (κ3) is 2.26.